The fraction of sp³-hybridized carbons (Fsp3) is 0.167. The van der Waals surface area contributed by atoms with E-state index in [4.69, 9.17) is 4.42 Å². The molecule has 1 saturated heterocycles. The van der Waals surface area contributed by atoms with Crippen LogP contribution in [0.25, 0.3) is 0 Å². The maximum Gasteiger partial charge on any atom is 0.322 e. The van der Waals surface area contributed by atoms with Gasteiger partial charge in [0.05, 0.1) is 6.20 Å². The normalized spacial score (nSPS) is 22.2. The van der Waals surface area contributed by atoms with Crippen LogP contribution in [0, 0.1) is 0 Å². The summed E-state index contributed by atoms with van der Waals surface area (Å²) in [6, 6.07) is -1.31. The van der Waals surface area contributed by atoms with Crippen molar-refractivity contribution in [3.63, 3.8) is 0 Å². The van der Waals surface area contributed by atoms with Crippen LogP contribution in [0.4, 0.5) is 4.79 Å². The van der Waals surface area contributed by atoms with Crippen LogP contribution >= 0.6 is 0 Å². The number of urea groups is 1. The summed E-state index contributed by atoms with van der Waals surface area (Å²) >= 11 is 0. The number of carbonyl (C=O) groups excluding carboxylic acids is 2. The number of nitrogens with one attached hydrogen (secondary N) is 2. The Morgan fingerprint density at radius 2 is 2.33 bits per heavy atom. The molecule has 1 aliphatic heterocycles. The highest BCUT2D eigenvalue weighted by Crippen LogP contribution is 2.13. The van der Waals surface area contributed by atoms with E-state index in [-0.39, 0.29) is 5.89 Å². The second-order valence-corrected chi connectivity index (χ2v) is 2.27. The van der Waals surface area contributed by atoms with Gasteiger partial charge in [0.2, 0.25) is 5.89 Å². The Labute approximate surface area is 67.0 Å². The average molecular weight is 167 g/mol. The van der Waals surface area contributed by atoms with Crippen molar-refractivity contribution in [1.29, 1.82) is 0 Å². The van der Waals surface area contributed by atoms with E-state index >= 15 is 0 Å². The van der Waals surface area contributed by atoms with E-state index in [9.17, 15) is 9.59 Å². The number of oxazole rings is 1. The van der Waals surface area contributed by atoms with Crippen molar-refractivity contribution in [3.8, 4) is 0 Å². The van der Waals surface area contributed by atoms with Gasteiger partial charge in [-0.1, -0.05) is 0 Å². The largest absolute Gasteiger partial charge is 0.446 e. The van der Waals surface area contributed by atoms with E-state index in [0.717, 1.165) is 0 Å². The molecule has 3 amide bonds. The molecule has 0 saturated carbocycles. The van der Waals surface area contributed by atoms with Gasteiger partial charge in [0.25, 0.3) is 5.91 Å². The highest BCUT2D eigenvalue weighted by atomic mass is 16.3. The maximum atomic E-state index is 11.0. The number of rotatable bonds is 1. The van der Waals surface area contributed by atoms with Gasteiger partial charge in [-0.15, -0.1) is 0 Å². The predicted molar refractivity (Wildman–Crippen MR) is 35.9 cm³/mol. The van der Waals surface area contributed by atoms with Gasteiger partial charge < -0.3 is 9.73 Å². The maximum absolute atomic E-state index is 11.0. The van der Waals surface area contributed by atoms with Gasteiger partial charge in [0, 0.05) is 0 Å². The third-order valence-electron chi connectivity index (χ3n) is 1.47. The monoisotopic (exact) mass is 167 g/mol. The van der Waals surface area contributed by atoms with E-state index in [0.29, 0.717) is 0 Å². The molecule has 0 spiro atoms. The number of hydrogen-bond acceptors (Lipinski definition) is 4. The zero-order chi connectivity index (χ0) is 8.55. The molecule has 2 rings (SSSR count). The number of hydrogen-bond donors (Lipinski definition) is 2. The summed E-state index contributed by atoms with van der Waals surface area (Å²) in [6.07, 6.45) is 2.75. The molecule has 0 aliphatic carbocycles. The zero-order valence-electron chi connectivity index (χ0n) is 5.90. The van der Waals surface area contributed by atoms with Crippen LogP contribution in [0.1, 0.15) is 11.9 Å². The number of imide groups is 1. The standard InChI is InChI=1S/C6H5N3O3/c10-4-3(8-6(11)9-4)5-7-1-2-12-5/h1-3H,(H2,8,9,10,11). The van der Waals surface area contributed by atoms with Crippen LogP contribution in [0.2, 0.25) is 0 Å². The van der Waals surface area contributed by atoms with E-state index in [1.807, 2.05) is 0 Å². The van der Waals surface area contributed by atoms with Gasteiger partial charge in [-0.25, -0.2) is 9.78 Å². The van der Waals surface area contributed by atoms with Gasteiger partial charge in [-0.05, 0) is 0 Å². The smallest absolute Gasteiger partial charge is 0.322 e. The first-order valence-electron chi connectivity index (χ1n) is 3.28. The Kier molecular flexibility index (Phi) is 1.33. The van der Waals surface area contributed by atoms with Crippen LogP contribution in [0.3, 0.4) is 0 Å². The Morgan fingerprint density at radius 3 is 2.83 bits per heavy atom. The van der Waals surface area contributed by atoms with Gasteiger partial charge in [-0.3, -0.25) is 10.1 Å². The van der Waals surface area contributed by atoms with Gasteiger partial charge >= 0.3 is 6.03 Å². The Balaban J connectivity index is 2.26. The molecule has 0 radical (unpaired) electrons. The van der Waals surface area contributed by atoms with Crippen molar-refractivity contribution in [2.75, 3.05) is 0 Å². The zero-order valence-corrected chi connectivity index (χ0v) is 5.90. The molecule has 12 heavy (non-hydrogen) atoms. The molecular formula is C6H5N3O3. The number of amides is 3. The summed E-state index contributed by atoms with van der Waals surface area (Å²) in [7, 11) is 0. The lowest BCUT2D eigenvalue weighted by Crippen LogP contribution is -2.22. The minimum atomic E-state index is -0.785. The Hall–Kier alpha value is -1.85. The molecule has 1 aromatic heterocycles. The number of nitrogens with zero attached hydrogens (tertiary/aromatic N) is 1. The summed E-state index contributed by atoms with van der Waals surface area (Å²) in [6.45, 7) is 0. The topological polar surface area (TPSA) is 84.2 Å². The molecule has 6 nitrogen and oxygen atoms in total. The molecule has 1 fully saturated rings. The fourth-order valence-electron chi connectivity index (χ4n) is 0.968. The van der Waals surface area contributed by atoms with Crippen molar-refractivity contribution in [3.05, 3.63) is 18.4 Å². The summed E-state index contributed by atoms with van der Waals surface area (Å²) in [5.74, 6) is -0.249. The highest BCUT2D eigenvalue weighted by molar-refractivity contribution is 6.04. The molecule has 6 heteroatoms. The van der Waals surface area contributed by atoms with Crippen molar-refractivity contribution in [2.45, 2.75) is 6.04 Å². The Morgan fingerprint density at radius 1 is 1.50 bits per heavy atom. The van der Waals surface area contributed by atoms with Gasteiger partial charge in [0.15, 0.2) is 6.04 Å². The van der Waals surface area contributed by atoms with E-state index in [2.05, 4.69) is 15.6 Å². The molecule has 2 heterocycles. The molecule has 0 bridgehead atoms. The fourth-order valence-corrected chi connectivity index (χ4v) is 0.968. The third kappa shape index (κ3) is 0.931. The molecular weight excluding hydrogens is 162 g/mol. The van der Waals surface area contributed by atoms with Crippen LogP contribution in [-0.2, 0) is 4.79 Å². The van der Waals surface area contributed by atoms with Crippen molar-refractivity contribution < 1.29 is 14.0 Å². The van der Waals surface area contributed by atoms with Crippen LogP contribution in [0.5, 0.6) is 0 Å². The lowest BCUT2D eigenvalue weighted by atomic mass is 10.3. The molecule has 1 aliphatic rings. The summed E-state index contributed by atoms with van der Waals surface area (Å²) in [5, 5.41) is 4.42. The quantitative estimate of drug-likeness (QED) is 0.555. The summed E-state index contributed by atoms with van der Waals surface area (Å²) < 4.78 is 4.85. The van der Waals surface area contributed by atoms with E-state index < -0.39 is 18.0 Å². The highest BCUT2D eigenvalue weighted by Gasteiger charge is 2.33. The number of aromatic nitrogens is 1. The van der Waals surface area contributed by atoms with Crippen molar-refractivity contribution >= 4 is 11.9 Å². The minimum Gasteiger partial charge on any atom is -0.446 e. The first-order chi connectivity index (χ1) is 5.77. The van der Waals surface area contributed by atoms with Gasteiger partial charge in [-0.2, -0.15) is 0 Å². The lowest BCUT2D eigenvalue weighted by Gasteiger charge is -1.98. The molecule has 1 unspecified atom stereocenters. The Bertz CT molecular complexity index is 319. The SMILES string of the molecule is O=C1NC(=O)C(c2ncco2)N1. The van der Waals surface area contributed by atoms with E-state index in [1.54, 1.807) is 0 Å². The first kappa shape index (κ1) is 6.84. The van der Waals surface area contributed by atoms with Crippen LogP contribution < -0.4 is 10.6 Å². The van der Waals surface area contributed by atoms with Crippen LogP contribution in [0.15, 0.2) is 16.9 Å². The van der Waals surface area contributed by atoms with Crippen molar-refractivity contribution in [1.82, 2.24) is 15.6 Å². The second-order valence-electron chi connectivity index (χ2n) is 2.27. The number of carbonyl (C=O) groups is 2. The first-order valence-corrected chi connectivity index (χ1v) is 3.28. The molecule has 2 N–H and O–H groups in total. The lowest BCUT2D eigenvalue weighted by molar-refractivity contribution is -0.120. The molecule has 62 valence electrons. The summed E-state index contributed by atoms with van der Waals surface area (Å²) in [4.78, 5) is 25.4. The third-order valence-corrected chi connectivity index (χ3v) is 1.47. The van der Waals surface area contributed by atoms with E-state index in [1.165, 1.54) is 12.5 Å². The average Bonchev–Trinajstić information content (AvgIpc) is 2.58. The summed E-state index contributed by atoms with van der Waals surface area (Å²) in [5.41, 5.74) is 0. The van der Waals surface area contributed by atoms with Gasteiger partial charge in [0.1, 0.15) is 6.26 Å². The molecule has 1 atom stereocenters. The second kappa shape index (κ2) is 2.33. The molecule has 0 aromatic carbocycles. The molecule has 1 aromatic rings. The van der Waals surface area contributed by atoms with Crippen molar-refractivity contribution in [2.24, 2.45) is 0 Å². The minimum absolute atomic E-state index is 0.193. The van der Waals surface area contributed by atoms with Crippen LogP contribution in [-0.4, -0.2) is 16.9 Å². The predicted octanol–water partition coefficient (Wildman–Crippen LogP) is -0.445.